The van der Waals surface area contributed by atoms with Gasteiger partial charge in [0.25, 0.3) is 5.56 Å². The lowest BCUT2D eigenvalue weighted by atomic mass is 10.0. The number of carbonyl (C=O) groups is 1. The number of nitrogens with zero attached hydrogens (tertiary/aromatic N) is 3. The minimum Gasteiger partial charge on any atom is -0.352 e. The zero-order chi connectivity index (χ0) is 22.0. The van der Waals surface area contributed by atoms with Crippen molar-refractivity contribution in [3.05, 3.63) is 62.6 Å². The number of aromatic amines is 1. The Balaban J connectivity index is 1.39. The third kappa shape index (κ3) is 4.56. The average Bonchev–Trinajstić information content (AvgIpc) is 3.34. The van der Waals surface area contributed by atoms with Crippen LogP contribution in [0.25, 0.3) is 11.0 Å². The van der Waals surface area contributed by atoms with E-state index in [1.54, 1.807) is 4.68 Å². The third-order valence-corrected chi connectivity index (χ3v) is 6.34. The van der Waals surface area contributed by atoms with E-state index in [4.69, 9.17) is 0 Å². The molecule has 0 saturated carbocycles. The van der Waals surface area contributed by atoms with Crippen molar-refractivity contribution in [2.45, 2.75) is 52.6 Å². The summed E-state index contributed by atoms with van der Waals surface area (Å²) in [6.07, 6.45) is 3.22. The van der Waals surface area contributed by atoms with Crippen LogP contribution in [0.2, 0.25) is 0 Å². The quantitative estimate of drug-likeness (QED) is 0.615. The van der Waals surface area contributed by atoms with E-state index in [2.05, 4.69) is 38.5 Å². The summed E-state index contributed by atoms with van der Waals surface area (Å²) in [5.74, 6) is -0.0437. The van der Waals surface area contributed by atoms with E-state index in [0.29, 0.717) is 18.5 Å². The van der Waals surface area contributed by atoms with Crippen LogP contribution in [-0.4, -0.2) is 38.7 Å². The molecule has 4 rings (SSSR count). The molecule has 164 valence electrons. The molecule has 0 bridgehead atoms. The summed E-state index contributed by atoms with van der Waals surface area (Å²) in [6.45, 7) is 7.62. The van der Waals surface area contributed by atoms with E-state index in [-0.39, 0.29) is 17.9 Å². The van der Waals surface area contributed by atoms with Crippen molar-refractivity contribution >= 4 is 16.9 Å². The molecule has 0 atom stereocenters. The normalized spacial score (nSPS) is 14.4. The lowest BCUT2D eigenvalue weighted by molar-refractivity contribution is -0.121. The van der Waals surface area contributed by atoms with E-state index < -0.39 is 0 Å². The molecule has 2 aromatic heterocycles. The molecule has 3 aromatic rings. The molecule has 3 heterocycles. The van der Waals surface area contributed by atoms with Crippen LogP contribution in [0, 0.1) is 13.8 Å². The number of hydrogen-bond donors (Lipinski definition) is 2. The summed E-state index contributed by atoms with van der Waals surface area (Å²) in [6, 6.07) is 8.31. The fourth-order valence-corrected chi connectivity index (χ4v) is 4.64. The van der Waals surface area contributed by atoms with Gasteiger partial charge in [-0.05, 0) is 62.9 Å². The predicted molar refractivity (Wildman–Crippen MR) is 122 cm³/mol. The number of nitrogens with one attached hydrogen (secondary N) is 2. The van der Waals surface area contributed by atoms with Gasteiger partial charge in [0.2, 0.25) is 5.91 Å². The molecule has 0 unspecified atom stereocenters. The van der Waals surface area contributed by atoms with Crippen LogP contribution in [0.1, 0.15) is 47.2 Å². The van der Waals surface area contributed by atoms with Gasteiger partial charge in [0.15, 0.2) is 0 Å². The van der Waals surface area contributed by atoms with Crippen LogP contribution in [0.5, 0.6) is 0 Å². The lowest BCUT2D eigenvalue weighted by Gasteiger charge is -2.17. The molecule has 0 aliphatic carbocycles. The number of likely N-dealkylation sites (tertiary alicyclic amines) is 1. The van der Waals surface area contributed by atoms with Crippen LogP contribution >= 0.6 is 0 Å². The van der Waals surface area contributed by atoms with Gasteiger partial charge in [-0.1, -0.05) is 24.3 Å². The van der Waals surface area contributed by atoms with E-state index in [1.807, 2.05) is 27.0 Å². The second-order valence-corrected chi connectivity index (χ2v) is 8.52. The molecule has 1 fully saturated rings. The molecule has 1 aliphatic heterocycles. The number of H-pyrrole nitrogens is 1. The van der Waals surface area contributed by atoms with Crippen molar-refractivity contribution in [3.63, 3.8) is 0 Å². The highest BCUT2D eigenvalue weighted by atomic mass is 16.1. The molecule has 1 aromatic carbocycles. The highest BCUT2D eigenvalue weighted by Crippen LogP contribution is 2.21. The zero-order valence-corrected chi connectivity index (χ0v) is 18.6. The van der Waals surface area contributed by atoms with E-state index in [0.717, 1.165) is 47.5 Å². The molecule has 2 N–H and O–H groups in total. The molecule has 0 spiro atoms. The number of carbonyl (C=O) groups excluding carboxylic acids is 1. The van der Waals surface area contributed by atoms with Gasteiger partial charge >= 0.3 is 0 Å². The Bertz CT molecular complexity index is 1150. The number of aryl methyl sites for hydroxylation is 3. The SMILES string of the molecule is Cc1nn(C)c2[nH]c(=O)c(CCC(=O)NCc3ccccc3CN3CCCC3)c(C)c12. The lowest BCUT2D eigenvalue weighted by Crippen LogP contribution is -2.26. The Labute approximate surface area is 182 Å². The molecule has 1 aliphatic rings. The molecular weight excluding hydrogens is 390 g/mol. The van der Waals surface area contributed by atoms with Gasteiger partial charge in [0.05, 0.1) is 5.69 Å². The first-order valence-corrected chi connectivity index (χ1v) is 11.0. The summed E-state index contributed by atoms with van der Waals surface area (Å²) in [7, 11) is 1.82. The summed E-state index contributed by atoms with van der Waals surface area (Å²) in [4.78, 5) is 30.5. The predicted octanol–water partition coefficient (Wildman–Crippen LogP) is 2.72. The van der Waals surface area contributed by atoms with Crippen LogP contribution in [-0.2, 0) is 31.4 Å². The van der Waals surface area contributed by atoms with Crippen LogP contribution < -0.4 is 10.9 Å². The molecule has 7 heteroatoms. The van der Waals surface area contributed by atoms with Crippen LogP contribution in [0.3, 0.4) is 0 Å². The van der Waals surface area contributed by atoms with Crippen molar-refractivity contribution in [2.24, 2.45) is 7.05 Å². The third-order valence-electron chi connectivity index (χ3n) is 6.34. The minimum atomic E-state index is -0.142. The second kappa shape index (κ2) is 9.06. The van der Waals surface area contributed by atoms with Crippen molar-refractivity contribution < 1.29 is 4.79 Å². The number of hydrogen-bond acceptors (Lipinski definition) is 4. The number of benzene rings is 1. The Morgan fingerprint density at radius 2 is 1.87 bits per heavy atom. The minimum absolute atomic E-state index is 0.0437. The summed E-state index contributed by atoms with van der Waals surface area (Å²) in [5, 5.41) is 8.41. The number of amides is 1. The molecule has 31 heavy (non-hydrogen) atoms. The van der Waals surface area contributed by atoms with Gasteiger partial charge in [-0.15, -0.1) is 0 Å². The Kier molecular flexibility index (Phi) is 6.23. The molecule has 7 nitrogen and oxygen atoms in total. The van der Waals surface area contributed by atoms with Crippen molar-refractivity contribution in [3.8, 4) is 0 Å². The van der Waals surface area contributed by atoms with Gasteiger partial charge in [-0.2, -0.15) is 5.10 Å². The highest BCUT2D eigenvalue weighted by molar-refractivity contribution is 5.83. The van der Waals surface area contributed by atoms with Gasteiger partial charge in [-0.3, -0.25) is 19.2 Å². The first-order chi connectivity index (χ1) is 14.9. The number of aromatic nitrogens is 3. The van der Waals surface area contributed by atoms with Crippen LogP contribution in [0.4, 0.5) is 0 Å². The van der Waals surface area contributed by atoms with E-state index in [9.17, 15) is 9.59 Å². The molecule has 1 saturated heterocycles. The monoisotopic (exact) mass is 421 g/mol. The smallest absolute Gasteiger partial charge is 0.253 e. The summed E-state index contributed by atoms with van der Waals surface area (Å²) < 4.78 is 1.69. The Hall–Kier alpha value is -2.93. The van der Waals surface area contributed by atoms with Gasteiger partial charge in [-0.25, -0.2) is 0 Å². The molecular formula is C24H31N5O2. The number of rotatable bonds is 7. The fourth-order valence-electron chi connectivity index (χ4n) is 4.64. The highest BCUT2D eigenvalue weighted by Gasteiger charge is 2.17. The van der Waals surface area contributed by atoms with Crippen LogP contribution in [0.15, 0.2) is 29.1 Å². The van der Waals surface area contributed by atoms with Gasteiger partial charge in [0, 0.05) is 37.5 Å². The van der Waals surface area contributed by atoms with E-state index in [1.165, 1.54) is 18.4 Å². The number of pyridine rings is 1. The average molecular weight is 422 g/mol. The molecule has 1 amide bonds. The van der Waals surface area contributed by atoms with Crippen molar-refractivity contribution in [2.75, 3.05) is 13.1 Å². The number of fused-ring (bicyclic) bond motifs is 1. The molecule has 0 radical (unpaired) electrons. The van der Waals surface area contributed by atoms with Crippen molar-refractivity contribution in [1.82, 2.24) is 25.0 Å². The Morgan fingerprint density at radius 3 is 2.61 bits per heavy atom. The maximum Gasteiger partial charge on any atom is 0.253 e. The first kappa shape index (κ1) is 21.3. The summed E-state index contributed by atoms with van der Waals surface area (Å²) in [5.41, 5.74) is 5.46. The standard InChI is InChI=1S/C24H31N5O2/c1-16-20(24(31)26-23-22(16)17(2)27-28(23)3)10-11-21(30)25-14-18-8-4-5-9-19(18)15-29-12-6-7-13-29/h4-5,8-9H,6-7,10-15H2,1-3H3,(H,25,30)(H,26,31). The van der Waals surface area contributed by atoms with Gasteiger partial charge in [0.1, 0.15) is 5.65 Å². The maximum absolute atomic E-state index is 12.6. The topological polar surface area (TPSA) is 83.0 Å². The maximum atomic E-state index is 12.6. The first-order valence-electron chi connectivity index (χ1n) is 11.0. The van der Waals surface area contributed by atoms with Crippen molar-refractivity contribution in [1.29, 1.82) is 0 Å². The Morgan fingerprint density at radius 1 is 1.16 bits per heavy atom. The summed E-state index contributed by atoms with van der Waals surface area (Å²) >= 11 is 0. The zero-order valence-electron chi connectivity index (χ0n) is 18.6. The fraction of sp³-hybridized carbons (Fsp3) is 0.458. The second-order valence-electron chi connectivity index (χ2n) is 8.52. The van der Waals surface area contributed by atoms with E-state index >= 15 is 0 Å². The largest absolute Gasteiger partial charge is 0.352 e. The van der Waals surface area contributed by atoms with Gasteiger partial charge < -0.3 is 10.3 Å².